The quantitative estimate of drug-likeness (QED) is 0.234. The Bertz CT molecular complexity index is 1780. The maximum Gasteiger partial charge on any atom is 0.145 e. The third kappa shape index (κ3) is 3.68. The Morgan fingerprint density at radius 2 is 1.42 bits per heavy atom. The van der Waals surface area contributed by atoms with E-state index in [4.69, 9.17) is 4.98 Å². The number of pyridine rings is 1. The first kappa shape index (κ1) is 23.1. The molecule has 0 bridgehead atoms. The molecule has 0 radical (unpaired) electrons. The maximum absolute atomic E-state index is 5.23. The van der Waals surface area contributed by atoms with E-state index < -0.39 is 0 Å². The predicted octanol–water partition coefficient (Wildman–Crippen LogP) is 8.95. The second-order valence-corrected chi connectivity index (χ2v) is 12.9. The second-order valence-electron chi connectivity index (χ2n) is 12.9. The van der Waals surface area contributed by atoms with E-state index in [1.165, 1.54) is 49.0 Å². The highest BCUT2D eigenvalue weighted by atomic mass is 15.0. The molecule has 0 atom stereocenters. The van der Waals surface area contributed by atoms with Crippen LogP contribution in [0, 0.1) is 10.8 Å². The molecule has 184 valence electrons. The zero-order valence-corrected chi connectivity index (χ0v) is 22.7. The zero-order chi connectivity index (χ0) is 25.4. The first-order valence-corrected chi connectivity index (χ1v) is 13.3. The fourth-order valence-electron chi connectivity index (χ4n) is 6.09. The van der Waals surface area contributed by atoms with Crippen molar-refractivity contribution in [3.63, 3.8) is 0 Å². The molecule has 3 heteroatoms. The van der Waals surface area contributed by atoms with Gasteiger partial charge in [0.1, 0.15) is 5.65 Å². The van der Waals surface area contributed by atoms with Crippen LogP contribution >= 0.6 is 0 Å². The van der Waals surface area contributed by atoms with E-state index in [0.717, 1.165) is 30.7 Å². The van der Waals surface area contributed by atoms with E-state index in [1.807, 2.05) is 0 Å². The van der Waals surface area contributed by atoms with Crippen LogP contribution in [0.2, 0.25) is 0 Å². The van der Waals surface area contributed by atoms with Crippen molar-refractivity contribution >= 4 is 49.1 Å². The molecule has 0 aliphatic heterocycles. The Morgan fingerprint density at radius 3 is 2.14 bits per heavy atom. The maximum atomic E-state index is 5.23. The average Bonchev–Trinajstić information content (AvgIpc) is 3.35. The van der Waals surface area contributed by atoms with E-state index >= 15 is 0 Å². The molecular weight excluding hydrogens is 438 g/mol. The van der Waals surface area contributed by atoms with Gasteiger partial charge in [-0.2, -0.15) is 0 Å². The molecule has 0 amide bonds. The van der Waals surface area contributed by atoms with Gasteiger partial charge in [-0.3, -0.25) is 4.40 Å². The summed E-state index contributed by atoms with van der Waals surface area (Å²) in [5.41, 5.74) is 7.88. The lowest BCUT2D eigenvalue weighted by Crippen LogP contribution is -2.09. The molecule has 36 heavy (non-hydrogen) atoms. The van der Waals surface area contributed by atoms with E-state index in [0.29, 0.717) is 0 Å². The van der Waals surface area contributed by atoms with Gasteiger partial charge in [0, 0.05) is 50.7 Å². The number of nitrogens with zero attached hydrogens (tertiary/aromatic N) is 3. The number of aryl methyl sites for hydroxylation is 1. The van der Waals surface area contributed by atoms with E-state index in [2.05, 4.69) is 118 Å². The summed E-state index contributed by atoms with van der Waals surface area (Å²) in [5, 5.41) is 6.58. The van der Waals surface area contributed by atoms with Crippen molar-refractivity contribution in [3.05, 3.63) is 72.1 Å². The highest BCUT2D eigenvalue weighted by molar-refractivity contribution is 6.29. The number of imidazole rings is 1. The van der Waals surface area contributed by atoms with Crippen molar-refractivity contribution in [2.75, 3.05) is 0 Å². The molecular formula is C33H37N3. The number of aromatic nitrogens is 3. The number of para-hydroxylation sites is 1. The molecule has 3 heterocycles. The van der Waals surface area contributed by atoms with Crippen molar-refractivity contribution in [2.45, 2.75) is 67.9 Å². The molecule has 0 N–H and O–H groups in total. The Hall–Kier alpha value is -3.33. The molecule has 3 aromatic heterocycles. The Kier molecular flexibility index (Phi) is 5.02. The van der Waals surface area contributed by atoms with Crippen LogP contribution in [0.4, 0.5) is 0 Å². The molecule has 0 aliphatic rings. The highest BCUT2D eigenvalue weighted by Gasteiger charge is 2.21. The van der Waals surface area contributed by atoms with Crippen molar-refractivity contribution in [1.29, 1.82) is 0 Å². The fourth-order valence-corrected chi connectivity index (χ4v) is 6.09. The Morgan fingerprint density at radius 1 is 0.694 bits per heavy atom. The average molecular weight is 476 g/mol. The van der Waals surface area contributed by atoms with Crippen LogP contribution in [-0.2, 0) is 19.4 Å². The summed E-state index contributed by atoms with van der Waals surface area (Å²) in [5.74, 6) is 0. The predicted molar refractivity (Wildman–Crippen MR) is 155 cm³/mol. The summed E-state index contributed by atoms with van der Waals surface area (Å²) >= 11 is 0. The van der Waals surface area contributed by atoms with Crippen LogP contribution in [0.15, 0.2) is 60.8 Å². The topological polar surface area (TPSA) is 22.2 Å². The van der Waals surface area contributed by atoms with Crippen LogP contribution in [0.1, 0.15) is 59.7 Å². The van der Waals surface area contributed by atoms with Crippen LogP contribution in [0.25, 0.3) is 49.1 Å². The summed E-state index contributed by atoms with van der Waals surface area (Å²) in [6.45, 7) is 17.0. The number of hydrogen-bond acceptors (Lipinski definition) is 1. The normalized spacial score (nSPS) is 13.2. The Labute approximate surface area is 213 Å². The minimum atomic E-state index is 0.186. The molecule has 3 nitrogen and oxygen atoms in total. The van der Waals surface area contributed by atoms with Crippen LogP contribution < -0.4 is 0 Å². The van der Waals surface area contributed by atoms with Crippen molar-refractivity contribution in [1.82, 2.24) is 14.0 Å². The minimum Gasteiger partial charge on any atom is -0.341 e. The number of rotatable bonds is 3. The van der Waals surface area contributed by atoms with E-state index in [-0.39, 0.29) is 10.8 Å². The zero-order valence-electron chi connectivity index (χ0n) is 22.7. The molecule has 3 aromatic carbocycles. The van der Waals surface area contributed by atoms with E-state index in [9.17, 15) is 0 Å². The van der Waals surface area contributed by atoms with Gasteiger partial charge in [-0.05, 0) is 66.5 Å². The smallest absolute Gasteiger partial charge is 0.145 e. The van der Waals surface area contributed by atoms with Crippen LogP contribution in [-0.4, -0.2) is 14.0 Å². The van der Waals surface area contributed by atoms with Gasteiger partial charge in [0.2, 0.25) is 0 Å². The summed E-state index contributed by atoms with van der Waals surface area (Å²) in [7, 11) is 0. The fraction of sp³-hybridized carbons (Fsp3) is 0.364. The van der Waals surface area contributed by atoms with Gasteiger partial charge in [0.25, 0.3) is 0 Å². The largest absolute Gasteiger partial charge is 0.341 e. The molecule has 0 unspecified atom stereocenters. The summed E-state index contributed by atoms with van der Waals surface area (Å²) in [6.07, 6.45) is 4.27. The summed E-state index contributed by atoms with van der Waals surface area (Å²) in [6, 6.07) is 20.6. The monoisotopic (exact) mass is 475 g/mol. The number of benzene rings is 3. The lowest BCUT2D eigenvalue weighted by Gasteiger charge is -2.19. The summed E-state index contributed by atoms with van der Waals surface area (Å²) in [4.78, 5) is 5.23. The Balaban J connectivity index is 1.82. The van der Waals surface area contributed by atoms with Gasteiger partial charge in [0.15, 0.2) is 0 Å². The molecule has 0 spiro atoms. The van der Waals surface area contributed by atoms with Crippen LogP contribution in [0.3, 0.4) is 0 Å². The SMILES string of the molecule is CCn1c2ccccc2c2c3c4cc(CC(C)(C)C)ccc4n4cc(CC(C)(C)C)nc4c3ccc21. The minimum absolute atomic E-state index is 0.186. The second kappa shape index (κ2) is 7.83. The summed E-state index contributed by atoms with van der Waals surface area (Å²) < 4.78 is 4.79. The molecule has 6 aromatic rings. The third-order valence-electron chi connectivity index (χ3n) is 7.29. The van der Waals surface area contributed by atoms with Crippen molar-refractivity contribution in [2.24, 2.45) is 10.8 Å². The van der Waals surface area contributed by atoms with Crippen molar-refractivity contribution in [3.8, 4) is 0 Å². The third-order valence-corrected chi connectivity index (χ3v) is 7.29. The lowest BCUT2D eigenvalue weighted by molar-refractivity contribution is 0.407. The first-order valence-electron chi connectivity index (χ1n) is 13.3. The standard InChI is InChI=1S/C33H37N3/c1-8-35-26-12-10-9-11-23(26)30-28(35)16-14-24-29(30)25-17-21(18-32(2,3)4)13-15-27(25)36-20-22(34-31(24)36)19-33(5,6)7/h9-17,20H,8,18-19H2,1-7H3. The van der Waals surface area contributed by atoms with Gasteiger partial charge in [-0.15, -0.1) is 0 Å². The van der Waals surface area contributed by atoms with Gasteiger partial charge in [-0.1, -0.05) is 65.8 Å². The van der Waals surface area contributed by atoms with Gasteiger partial charge >= 0.3 is 0 Å². The lowest BCUT2D eigenvalue weighted by atomic mass is 9.87. The first-order chi connectivity index (χ1) is 17.0. The van der Waals surface area contributed by atoms with Crippen LogP contribution in [0.5, 0.6) is 0 Å². The molecule has 0 saturated carbocycles. The molecule has 0 saturated heterocycles. The molecule has 0 fully saturated rings. The highest BCUT2D eigenvalue weighted by Crippen LogP contribution is 2.41. The van der Waals surface area contributed by atoms with Gasteiger partial charge in [-0.25, -0.2) is 4.98 Å². The molecule has 6 rings (SSSR count). The molecule has 0 aliphatic carbocycles. The van der Waals surface area contributed by atoms with Gasteiger partial charge < -0.3 is 4.57 Å². The van der Waals surface area contributed by atoms with Gasteiger partial charge in [0.05, 0.1) is 11.2 Å². The number of fused-ring (bicyclic) bond motifs is 10. The van der Waals surface area contributed by atoms with Crippen molar-refractivity contribution < 1.29 is 0 Å². The van der Waals surface area contributed by atoms with E-state index in [1.54, 1.807) is 0 Å². The number of hydrogen-bond donors (Lipinski definition) is 0.